The largest absolute Gasteiger partial charge is 0.349 e. The minimum Gasteiger partial charge on any atom is -0.309 e. The van der Waals surface area contributed by atoms with Gasteiger partial charge in [0.05, 0.1) is 11.2 Å². The molecule has 0 saturated carbocycles. The van der Waals surface area contributed by atoms with Crippen molar-refractivity contribution >= 4 is 33.2 Å². The first-order chi connectivity index (χ1) is 11.5. The van der Waals surface area contributed by atoms with Gasteiger partial charge in [-0.2, -0.15) is 5.10 Å². The molecule has 24 heavy (non-hydrogen) atoms. The molecule has 3 heterocycles. The Kier molecular flexibility index (Phi) is 4.43. The van der Waals surface area contributed by atoms with Crippen LogP contribution in [0.1, 0.15) is 25.5 Å². The second-order valence-corrected chi connectivity index (χ2v) is 6.45. The van der Waals surface area contributed by atoms with Gasteiger partial charge in [-0.05, 0) is 34.0 Å². The van der Waals surface area contributed by atoms with Gasteiger partial charge in [-0.1, -0.05) is 13.8 Å². The predicted molar refractivity (Wildman–Crippen MR) is 91.9 cm³/mol. The van der Waals surface area contributed by atoms with Crippen molar-refractivity contribution in [1.82, 2.24) is 24.1 Å². The van der Waals surface area contributed by atoms with Crippen molar-refractivity contribution < 1.29 is 4.79 Å². The Labute approximate surface area is 145 Å². The molecule has 0 bridgehead atoms. The van der Waals surface area contributed by atoms with Gasteiger partial charge in [0.2, 0.25) is 5.91 Å². The molecule has 0 spiro atoms. The lowest BCUT2D eigenvalue weighted by Gasteiger charge is -2.12. The third-order valence-corrected chi connectivity index (χ3v) is 3.83. The van der Waals surface area contributed by atoms with E-state index >= 15 is 0 Å². The molecule has 1 amide bonds. The van der Waals surface area contributed by atoms with Crippen LogP contribution in [0, 0.1) is 0 Å². The average Bonchev–Trinajstić information content (AvgIpc) is 2.92. The van der Waals surface area contributed by atoms with Gasteiger partial charge in [-0.15, -0.1) is 0 Å². The number of aromatic nitrogens is 5. The highest BCUT2D eigenvalue weighted by atomic mass is 79.9. The van der Waals surface area contributed by atoms with Crippen molar-refractivity contribution in [1.29, 1.82) is 0 Å². The van der Waals surface area contributed by atoms with E-state index in [1.165, 1.54) is 16.9 Å². The SMILES string of the molecule is CC(C)c1nn(CC(=O)Nc2ccncn2)c(=O)n2cc(Br)cc12. The quantitative estimate of drug-likeness (QED) is 0.732. The van der Waals surface area contributed by atoms with Crippen LogP contribution in [-0.2, 0) is 11.3 Å². The summed E-state index contributed by atoms with van der Waals surface area (Å²) >= 11 is 3.37. The number of fused-ring (bicyclic) bond motifs is 1. The van der Waals surface area contributed by atoms with Gasteiger partial charge in [0, 0.05) is 16.9 Å². The average molecular weight is 391 g/mol. The second-order valence-electron chi connectivity index (χ2n) is 5.54. The maximum absolute atomic E-state index is 12.5. The summed E-state index contributed by atoms with van der Waals surface area (Å²) in [5.41, 5.74) is 1.10. The summed E-state index contributed by atoms with van der Waals surface area (Å²) in [4.78, 5) is 32.4. The molecule has 3 aromatic heterocycles. The summed E-state index contributed by atoms with van der Waals surface area (Å²) in [6.07, 6.45) is 4.53. The third-order valence-electron chi connectivity index (χ3n) is 3.39. The number of nitrogens with one attached hydrogen (secondary N) is 1. The molecule has 0 fully saturated rings. The molecule has 0 atom stereocenters. The smallest absolute Gasteiger partial charge is 0.309 e. The number of hydrogen-bond donors (Lipinski definition) is 1. The number of rotatable bonds is 4. The van der Waals surface area contributed by atoms with Crippen LogP contribution in [-0.4, -0.2) is 30.1 Å². The third kappa shape index (κ3) is 3.21. The highest BCUT2D eigenvalue weighted by molar-refractivity contribution is 9.10. The first kappa shape index (κ1) is 16.3. The van der Waals surface area contributed by atoms with Crippen LogP contribution in [0.4, 0.5) is 5.82 Å². The minimum absolute atomic E-state index is 0.103. The maximum Gasteiger partial charge on any atom is 0.349 e. The topological polar surface area (TPSA) is 94.2 Å². The van der Waals surface area contributed by atoms with E-state index in [1.54, 1.807) is 12.3 Å². The van der Waals surface area contributed by atoms with E-state index in [9.17, 15) is 9.59 Å². The molecule has 0 radical (unpaired) electrons. The summed E-state index contributed by atoms with van der Waals surface area (Å²) in [7, 11) is 0. The van der Waals surface area contributed by atoms with Crippen molar-refractivity contribution in [2.45, 2.75) is 26.3 Å². The molecular formula is C15H15BrN6O2. The van der Waals surface area contributed by atoms with E-state index in [-0.39, 0.29) is 24.1 Å². The Balaban J connectivity index is 1.96. The van der Waals surface area contributed by atoms with Gasteiger partial charge >= 0.3 is 5.69 Å². The molecule has 3 rings (SSSR count). The Morgan fingerprint density at radius 2 is 2.21 bits per heavy atom. The van der Waals surface area contributed by atoms with Crippen LogP contribution < -0.4 is 11.0 Å². The molecule has 0 aliphatic rings. The van der Waals surface area contributed by atoms with Gasteiger partial charge in [-0.25, -0.2) is 19.4 Å². The van der Waals surface area contributed by atoms with Gasteiger partial charge in [0.25, 0.3) is 0 Å². The van der Waals surface area contributed by atoms with Gasteiger partial charge < -0.3 is 5.32 Å². The van der Waals surface area contributed by atoms with E-state index in [1.807, 2.05) is 19.9 Å². The molecule has 8 nitrogen and oxygen atoms in total. The Morgan fingerprint density at radius 3 is 2.88 bits per heavy atom. The van der Waals surface area contributed by atoms with E-state index in [2.05, 4.69) is 36.3 Å². The number of anilines is 1. The Bertz CT molecular complexity index is 948. The molecule has 0 saturated heterocycles. The standard InChI is InChI=1S/C15H15BrN6O2/c1-9(2)14-11-5-10(16)6-21(11)15(24)22(20-14)7-13(23)19-12-3-4-17-8-18-12/h3-6,8-9H,7H2,1-2H3,(H,17,18,19,23). The van der Waals surface area contributed by atoms with Crippen LogP contribution in [0.15, 0.2) is 40.1 Å². The first-order valence-electron chi connectivity index (χ1n) is 7.30. The number of amides is 1. The zero-order chi connectivity index (χ0) is 17.3. The number of halogens is 1. The molecule has 1 N–H and O–H groups in total. The van der Waals surface area contributed by atoms with Crippen molar-refractivity contribution in [2.75, 3.05) is 5.32 Å². The number of carbonyl (C=O) groups excluding carboxylic acids is 1. The fourth-order valence-corrected chi connectivity index (χ4v) is 2.75. The highest BCUT2D eigenvalue weighted by Gasteiger charge is 2.16. The minimum atomic E-state index is -0.386. The van der Waals surface area contributed by atoms with Crippen molar-refractivity contribution in [3.63, 3.8) is 0 Å². The van der Waals surface area contributed by atoms with Gasteiger partial charge in [0.15, 0.2) is 0 Å². The summed E-state index contributed by atoms with van der Waals surface area (Å²) in [6, 6.07) is 3.41. The van der Waals surface area contributed by atoms with Crippen molar-refractivity contribution in [2.24, 2.45) is 0 Å². The normalized spacial score (nSPS) is 11.2. The monoisotopic (exact) mass is 390 g/mol. The molecular weight excluding hydrogens is 376 g/mol. The van der Waals surface area contributed by atoms with E-state index < -0.39 is 0 Å². The fraction of sp³-hybridized carbons (Fsp3) is 0.267. The zero-order valence-corrected chi connectivity index (χ0v) is 14.7. The second kappa shape index (κ2) is 6.52. The Morgan fingerprint density at radius 1 is 1.42 bits per heavy atom. The molecule has 0 aliphatic carbocycles. The van der Waals surface area contributed by atoms with Crippen LogP contribution in [0.25, 0.3) is 5.52 Å². The molecule has 0 aliphatic heterocycles. The zero-order valence-electron chi connectivity index (χ0n) is 13.1. The Hall–Kier alpha value is -2.55. The lowest BCUT2D eigenvalue weighted by Crippen LogP contribution is -2.34. The summed E-state index contributed by atoms with van der Waals surface area (Å²) in [5, 5.41) is 6.98. The van der Waals surface area contributed by atoms with Gasteiger partial charge in [0.1, 0.15) is 18.7 Å². The highest BCUT2D eigenvalue weighted by Crippen LogP contribution is 2.21. The fourth-order valence-electron chi connectivity index (χ4n) is 2.33. The summed E-state index contributed by atoms with van der Waals surface area (Å²) in [6.45, 7) is 3.77. The van der Waals surface area contributed by atoms with Crippen LogP contribution in [0.5, 0.6) is 0 Å². The molecule has 0 unspecified atom stereocenters. The summed E-state index contributed by atoms with van der Waals surface area (Å²) < 4.78 is 3.43. The molecule has 9 heteroatoms. The predicted octanol–water partition coefficient (Wildman–Crippen LogP) is 1.81. The van der Waals surface area contributed by atoms with Crippen molar-refractivity contribution in [3.05, 3.63) is 51.5 Å². The molecule has 124 valence electrons. The number of carbonyl (C=O) groups is 1. The molecule has 0 aromatic carbocycles. The van der Waals surface area contributed by atoms with Gasteiger partial charge in [-0.3, -0.25) is 9.20 Å². The first-order valence-corrected chi connectivity index (χ1v) is 8.09. The molecule has 3 aromatic rings. The van der Waals surface area contributed by atoms with E-state index in [0.29, 0.717) is 5.82 Å². The van der Waals surface area contributed by atoms with Crippen LogP contribution in [0.3, 0.4) is 0 Å². The van der Waals surface area contributed by atoms with E-state index in [0.717, 1.165) is 20.4 Å². The number of nitrogens with zero attached hydrogens (tertiary/aromatic N) is 5. The van der Waals surface area contributed by atoms with Crippen molar-refractivity contribution in [3.8, 4) is 0 Å². The van der Waals surface area contributed by atoms with Crippen LogP contribution >= 0.6 is 15.9 Å². The lowest BCUT2D eigenvalue weighted by atomic mass is 10.1. The van der Waals surface area contributed by atoms with Crippen LogP contribution in [0.2, 0.25) is 0 Å². The maximum atomic E-state index is 12.5. The summed E-state index contributed by atoms with van der Waals surface area (Å²) in [5.74, 6) is 0.0894. The van der Waals surface area contributed by atoms with E-state index in [4.69, 9.17) is 0 Å². The number of hydrogen-bond acceptors (Lipinski definition) is 5. The lowest BCUT2D eigenvalue weighted by molar-refractivity contribution is -0.117.